The van der Waals surface area contributed by atoms with E-state index in [2.05, 4.69) is 20.4 Å². The monoisotopic (exact) mass is 423 g/mol. The van der Waals surface area contributed by atoms with Crippen LogP contribution in [-0.4, -0.2) is 32.7 Å². The first-order valence-corrected chi connectivity index (χ1v) is 9.46. The van der Waals surface area contributed by atoms with Crippen LogP contribution >= 0.6 is 11.6 Å². The van der Waals surface area contributed by atoms with Gasteiger partial charge >= 0.3 is 0 Å². The molecule has 0 aliphatic heterocycles. The standard InChI is InChI=1S/C21H18ClN5O3/c1-13-16(22)4-3-5-17(13)24-19(28)11-27-10-18(23-12-27)20-25-21(30-26-20)14-6-8-15(29-2)9-7-14/h3-10,12H,11H2,1-2H3,(H,24,28). The molecule has 0 unspecified atom stereocenters. The summed E-state index contributed by atoms with van der Waals surface area (Å²) in [6, 6.07) is 12.7. The van der Waals surface area contributed by atoms with Crippen LogP contribution in [0.25, 0.3) is 23.0 Å². The minimum Gasteiger partial charge on any atom is -0.497 e. The molecule has 2 aromatic carbocycles. The molecule has 1 amide bonds. The van der Waals surface area contributed by atoms with Crippen molar-refractivity contribution in [3.63, 3.8) is 0 Å². The van der Waals surface area contributed by atoms with Crippen LogP contribution in [0.4, 0.5) is 5.69 Å². The molecule has 4 rings (SSSR count). The lowest BCUT2D eigenvalue weighted by atomic mass is 10.2. The second kappa shape index (κ2) is 8.38. The molecule has 0 aliphatic rings. The second-order valence-corrected chi connectivity index (χ2v) is 6.95. The lowest BCUT2D eigenvalue weighted by molar-refractivity contribution is -0.116. The van der Waals surface area contributed by atoms with E-state index in [1.165, 1.54) is 0 Å². The van der Waals surface area contributed by atoms with Gasteiger partial charge in [-0.05, 0) is 48.9 Å². The largest absolute Gasteiger partial charge is 0.497 e. The average Bonchev–Trinajstić information content (AvgIpc) is 3.41. The van der Waals surface area contributed by atoms with E-state index in [4.69, 9.17) is 20.9 Å². The van der Waals surface area contributed by atoms with E-state index in [1.54, 1.807) is 42.4 Å². The molecular weight excluding hydrogens is 406 g/mol. The fourth-order valence-electron chi connectivity index (χ4n) is 2.84. The maximum absolute atomic E-state index is 12.4. The zero-order valence-electron chi connectivity index (χ0n) is 16.3. The zero-order chi connectivity index (χ0) is 21.1. The third-order valence-corrected chi connectivity index (χ3v) is 4.90. The van der Waals surface area contributed by atoms with E-state index < -0.39 is 0 Å². The quantitative estimate of drug-likeness (QED) is 0.499. The van der Waals surface area contributed by atoms with E-state index >= 15 is 0 Å². The first-order valence-electron chi connectivity index (χ1n) is 9.09. The average molecular weight is 424 g/mol. The summed E-state index contributed by atoms with van der Waals surface area (Å²) in [6.07, 6.45) is 3.23. The van der Waals surface area contributed by atoms with Gasteiger partial charge in [-0.25, -0.2) is 4.98 Å². The lowest BCUT2D eigenvalue weighted by Crippen LogP contribution is -2.18. The minimum absolute atomic E-state index is 0.0855. The van der Waals surface area contributed by atoms with Crippen LogP contribution in [0.3, 0.4) is 0 Å². The molecule has 1 N–H and O–H groups in total. The van der Waals surface area contributed by atoms with Crippen LogP contribution in [0.15, 0.2) is 59.5 Å². The van der Waals surface area contributed by atoms with Gasteiger partial charge in [0, 0.05) is 22.5 Å². The van der Waals surface area contributed by atoms with Crippen molar-refractivity contribution in [2.45, 2.75) is 13.5 Å². The number of nitrogens with zero attached hydrogens (tertiary/aromatic N) is 4. The SMILES string of the molecule is COc1ccc(-c2nc(-c3cn(CC(=O)Nc4cccc(Cl)c4C)cn3)no2)cc1. The predicted octanol–water partition coefficient (Wildman–Crippen LogP) is 4.21. The fraction of sp³-hybridized carbons (Fsp3) is 0.143. The van der Waals surface area contributed by atoms with E-state index in [0.717, 1.165) is 16.9 Å². The number of carbonyl (C=O) groups is 1. The number of anilines is 1. The summed E-state index contributed by atoms with van der Waals surface area (Å²) in [7, 11) is 1.60. The minimum atomic E-state index is -0.198. The smallest absolute Gasteiger partial charge is 0.258 e. The van der Waals surface area contributed by atoms with Crippen LogP contribution in [0.1, 0.15) is 5.56 Å². The zero-order valence-corrected chi connectivity index (χ0v) is 17.1. The number of hydrogen-bond acceptors (Lipinski definition) is 6. The van der Waals surface area contributed by atoms with Crippen LogP contribution in [-0.2, 0) is 11.3 Å². The Hall–Kier alpha value is -3.65. The predicted molar refractivity (Wildman–Crippen MR) is 112 cm³/mol. The Morgan fingerprint density at radius 2 is 2.03 bits per heavy atom. The van der Waals surface area contributed by atoms with Gasteiger partial charge in [0.2, 0.25) is 11.7 Å². The number of aromatic nitrogens is 4. The maximum atomic E-state index is 12.4. The number of carbonyl (C=O) groups excluding carboxylic acids is 1. The van der Waals surface area contributed by atoms with Gasteiger partial charge in [-0.2, -0.15) is 4.98 Å². The molecule has 0 aliphatic carbocycles. The van der Waals surface area contributed by atoms with Crippen LogP contribution in [0.5, 0.6) is 5.75 Å². The molecule has 0 spiro atoms. The highest BCUT2D eigenvalue weighted by Crippen LogP contribution is 2.24. The van der Waals surface area contributed by atoms with Gasteiger partial charge in [0.1, 0.15) is 18.0 Å². The third-order valence-electron chi connectivity index (χ3n) is 4.49. The second-order valence-electron chi connectivity index (χ2n) is 6.54. The van der Waals surface area contributed by atoms with Crippen molar-refractivity contribution in [1.29, 1.82) is 0 Å². The summed E-state index contributed by atoms with van der Waals surface area (Å²) in [4.78, 5) is 21.0. The summed E-state index contributed by atoms with van der Waals surface area (Å²) in [5, 5.41) is 7.43. The molecule has 0 atom stereocenters. The van der Waals surface area contributed by atoms with Crippen molar-refractivity contribution < 1.29 is 14.1 Å². The molecule has 2 heterocycles. The normalized spacial score (nSPS) is 10.8. The van der Waals surface area contributed by atoms with Crippen molar-refractivity contribution in [2.75, 3.05) is 12.4 Å². The van der Waals surface area contributed by atoms with Crippen LogP contribution < -0.4 is 10.1 Å². The molecule has 0 fully saturated rings. The summed E-state index contributed by atoms with van der Waals surface area (Å²) in [5.74, 6) is 1.25. The van der Waals surface area contributed by atoms with Gasteiger partial charge in [0.05, 0.1) is 13.4 Å². The summed E-state index contributed by atoms with van der Waals surface area (Å²) in [5.41, 5.74) is 2.77. The Morgan fingerprint density at radius 1 is 1.23 bits per heavy atom. The van der Waals surface area contributed by atoms with Gasteiger partial charge in [-0.3, -0.25) is 4.79 Å². The maximum Gasteiger partial charge on any atom is 0.258 e. The highest BCUT2D eigenvalue weighted by molar-refractivity contribution is 6.31. The first kappa shape index (κ1) is 19.7. The fourth-order valence-corrected chi connectivity index (χ4v) is 3.01. The Kier molecular flexibility index (Phi) is 5.49. The third kappa shape index (κ3) is 4.18. The van der Waals surface area contributed by atoms with E-state index in [1.807, 2.05) is 31.2 Å². The lowest BCUT2D eigenvalue weighted by Gasteiger charge is -2.09. The molecule has 2 aromatic heterocycles. The molecule has 30 heavy (non-hydrogen) atoms. The van der Waals surface area contributed by atoms with E-state index in [0.29, 0.717) is 28.1 Å². The van der Waals surface area contributed by atoms with Crippen molar-refractivity contribution in [1.82, 2.24) is 19.7 Å². The van der Waals surface area contributed by atoms with Gasteiger partial charge in [0.25, 0.3) is 5.89 Å². The number of methoxy groups -OCH3 is 1. The molecule has 0 saturated carbocycles. The number of ether oxygens (including phenoxy) is 1. The first-order chi connectivity index (χ1) is 14.5. The highest BCUT2D eigenvalue weighted by Gasteiger charge is 2.14. The van der Waals surface area contributed by atoms with Crippen molar-refractivity contribution in [3.8, 4) is 28.7 Å². The van der Waals surface area contributed by atoms with Crippen LogP contribution in [0, 0.1) is 6.92 Å². The Bertz CT molecular complexity index is 1180. The van der Waals surface area contributed by atoms with Crippen LogP contribution in [0.2, 0.25) is 5.02 Å². The molecule has 0 saturated heterocycles. The Morgan fingerprint density at radius 3 is 2.80 bits per heavy atom. The molecule has 8 nitrogen and oxygen atoms in total. The highest BCUT2D eigenvalue weighted by atomic mass is 35.5. The van der Waals surface area contributed by atoms with Crippen molar-refractivity contribution in [3.05, 3.63) is 65.6 Å². The molecule has 0 radical (unpaired) electrons. The van der Waals surface area contributed by atoms with E-state index in [-0.39, 0.29) is 12.5 Å². The number of hydrogen-bond donors (Lipinski definition) is 1. The molecule has 4 aromatic rings. The van der Waals surface area contributed by atoms with Gasteiger partial charge in [-0.15, -0.1) is 0 Å². The Balaban J connectivity index is 1.44. The topological polar surface area (TPSA) is 95.1 Å². The number of imidazole rings is 1. The molecule has 152 valence electrons. The van der Waals surface area contributed by atoms with Gasteiger partial charge in [-0.1, -0.05) is 22.8 Å². The van der Waals surface area contributed by atoms with Crippen molar-refractivity contribution in [2.24, 2.45) is 0 Å². The molecule has 0 bridgehead atoms. The Labute approximate surface area is 177 Å². The van der Waals surface area contributed by atoms with Gasteiger partial charge in [0.15, 0.2) is 0 Å². The number of amides is 1. The summed E-state index contributed by atoms with van der Waals surface area (Å²) in [6.45, 7) is 1.94. The van der Waals surface area contributed by atoms with Gasteiger partial charge < -0.3 is 19.1 Å². The summed E-state index contributed by atoms with van der Waals surface area (Å²) < 4.78 is 12.1. The van der Waals surface area contributed by atoms with Crippen molar-refractivity contribution >= 4 is 23.2 Å². The molecular formula is C21H18ClN5O3. The van der Waals surface area contributed by atoms with E-state index in [9.17, 15) is 4.79 Å². The number of nitrogens with one attached hydrogen (secondary N) is 1. The number of rotatable bonds is 6. The number of halogens is 1. The summed E-state index contributed by atoms with van der Waals surface area (Å²) >= 11 is 6.09. The molecule has 9 heteroatoms. The number of benzene rings is 2.